The van der Waals surface area contributed by atoms with E-state index in [0.717, 1.165) is 25.0 Å². The fraction of sp³-hybridized carbons (Fsp3) is 0.476. The van der Waals surface area contributed by atoms with E-state index in [1.54, 1.807) is 6.07 Å². The fourth-order valence-corrected chi connectivity index (χ4v) is 3.41. The zero-order valence-electron chi connectivity index (χ0n) is 15.5. The monoisotopic (exact) mass is 352 g/mol. The smallest absolute Gasteiger partial charge is 0.270 e. The molecule has 1 aliphatic rings. The standard InChI is InChI=1S/C21H28N4O/c1-16-15-19(20(26)22-14-13-17-9-5-4-6-10-17)25-21(23-16)24-18-11-7-2-3-8-12-18/h4-6,9-10,15,18H,2-3,7-8,11-14H2,1H3,(H,22,26)(H,23,24,25). The predicted octanol–water partition coefficient (Wildman–Crippen LogP) is 3.89. The molecule has 1 fully saturated rings. The van der Waals surface area contributed by atoms with E-state index in [-0.39, 0.29) is 5.91 Å². The van der Waals surface area contributed by atoms with E-state index in [0.29, 0.717) is 24.2 Å². The van der Waals surface area contributed by atoms with Gasteiger partial charge in [0, 0.05) is 18.3 Å². The summed E-state index contributed by atoms with van der Waals surface area (Å²) in [5.41, 5.74) is 2.45. The molecule has 0 atom stereocenters. The summed E-state index contributed by atoms with van der Waals surface area (Å²) in [5.74, 6) is 0.431. The van der Waals surface area contributed by atoms with Crippen LogP contribution in [-0.4, -0.2) is 28.5 Å². The van der Waals surface area contributed by atoms with Gasteiger partial charge in [0.2, 0.25) is 5.95 Å². The third-order valence-electron chi connectivity index (χ3n) is 4.82. The van der Waals surface area contributed by atoms with Crippen LogP contribution in [0, 0.1) is 6.92 Å². The van der Waals surface area contributed by atoms with E-state index in [2.05, 4.69) is 32.7 Å². The molecule has 5 nitrogen and oxygen atoms in total. The number of nitrogens with one attached hydrogen (secondary N) is 2. The Morgan fingerprint density at radius 1 is 1.08 bits per heavy atom. The zero-order valence-corrected chi connectivity index (χ0v) is 15.5. The molecule has 5 heteroatoms. The molecular weight excluding hydrogens is 324 g/mol. The largest absolute Gasteiger partial charge is 0.351 e. The van der Waals surface area contributed by atoms with E-state index in [1.807, 2.05) is 25.1 Å². The molecule has 0 aliphatic heterocycles. The van der Waals surface area contributed by atoms with E-state index < -0.39 is 0 Å². The highest BCUT2D eigenvalue weighted by atomic mass is 16.1. The van der Waals surface area contributed by atoms with Gasteiger partial charge in [0.1, 0.15) is 5.69 Å². The SMILES string of the molecule is Cc1cc(C(=O)NCCc2ccccc2)nc(NC2CCCCCC2)n1. The maximum atomic E-state index is 12.5. The number of carbonyl (C=O) groups excluding carboxylic acids is 1. The molecule has 1 heterocycles. The average molecular weight is 352 g/mol. The van der Waals surface area contributed by atoms with Crippen LogP contribution in [0.4, 0.5) is 5.95 Å². The third-order valence-corrected chi connectivity index (χ3v) is 4.82. The summed E-state index contributed by atoms with van der Waals surface area (Å²) in [7, 11) is 0. The Morgan fingerprint density at radius 3 is 2.54 bits per heavy atom. The lowest BCUT2D eigenvalue weighted by molar-refractivity contribution is 0.0949. The number of nitrogens with zero attached hydrogens (tertiary/aromatic N) is 2. The van der Waals surface area contributed by atoms with Gasteiger partial charge in [-0.15, -0.1) is 0 Å². The second-order valence-electron chi connectivity index (χ2n) is 7.04. The molecular formula is C21H28N4O. The highest BCUT2D eigenvalue weighted by molar-refractivity contribution is 5.92. The summed E-state index contributed by atoms with van der Waals surface area (Å²) in [4.78, 5) is 21.4. The number of benzene rings is 1. The summed E-state index contributed by atoms with van der Waals surface area (Å²) in [6.45, 7) is 2.50. The Kier molecular flexibility index (Phi) is 6.58. The molecule has 1 aromatic heterocycles. The molecule has 1 aromatic carbocycles. The van der Waals surface area contributed by atoms with Gasteiger partial charge < -0.3 is 10.6 Å². The van der Waals surface area contributed by atoms with Gasteiger partial charge in [-0.3, -0.25) is 4.79 Å². The van der Waals surface area contributed by atoms with Crippen LogP contribution >= 0.6 is 0 Å². The molecule has 2 N–H and O–H groups in total. The zero-order chi connectivity index (χ0) is 18.2. The van der Waals surface area contributed by atoms with Gasteiger partial charge in [-0.05, 0) is 37.8 Å². The summed E-state index contributed by atoms with van der Waals surface area (Å²) >= 11 is 0. The van der Waals surface area contributed by atoms with Gasteiger partial charge in [0.05, 0.1) is 0 Å². The van der Waals surface area contributed by atoms with Crippen LogP contribution in [0.25, 0.3) is 0 Å². The van der Waals surface area contributed by atoms with Gasteiger partial charge in [0.15, 0.2) is 0 Å². The van der Waals surface area contributed by atoms with Crippen LogP contribution in [-0.2, 0) is 6.42 Å². The van der Waals surface area contributed by atoms with Crippen LogP contribution in [0.1, 0.15) is 60.3 Å². The first-order valence-corrected chi connectivity index (χ1v) is 9.65. The number of amides is 1. The molecule has 0 bridgehead atoms. The second-order valence-corrected chi connectivity index (χ2v) is 7.04. The molecule has 1 aliphatic carbocycles. The molecule has 1 amide bonds. The van der Waals surface area contributed by atoms with Crippen LogP contribution in [0.15, 0.2) is 36.4 Å². The van der Waals surface area contributed by atoms with Gasteiger partial charge in [-0.2, -0.15) is 0 Å². The van der Waals surface area contributed by atoms with Crippen molar-refractivity contribution in [2.75, 3.05) is 11.9 Å². The summed E-state index contributed by atoms with van der Waals surface area (Å²) in [6.07, 6.45) is 8.21. The van der Waals surface area contributed by atoms with E-state index in [1.165, 1.54) is 31.2 Å². The molecule has 0 unspecified atom stereocenters. The molecule has 0 radical (unpaired) electrons. The van der Waals surface area contributed by atoms with E-state index >= 15 is 0 Å². The van der Waals surface area contributed by atoms with Crippen molar-refractivity contribution in [2.24, 2.45) is 0 Å². The Labute approximate surface area is 155 Å². The molecule has 2 aromatic rings. The average Bonchev–Trinajstić information content (AvgIpc) is 2.91. The fourth-order valence-electron chi connectivity index (χ4n) is 3.41. The quantitative estimate of drug-likeness (QED) is 0.774. The molecule has 26 heavy (non-hydrogen) atoms. The Bertz CT molecular complexity index is 709. The molecule has 3 rings (SSSR count). The van der Waals surface area contributed by atoms with Crippen molar-refractivity contribution >= 4 is 11.9 Å². The minimum atomic E-state index is -0.143. The number of aryl methyl sites for hydroxylation is 1. The predicted molar refractivity (Wildman–Crippen MR) is 104 cm³/mol. The maximum absolute atomic E-state index is 12.5. The topological polar surface area (TPSA) is 66.9 Å². The minimum Gasteiger partial charge on any atom is -0.351 e. The molecule has 138 valence electrons. The van der Waals surface area contributed by atoms with Gasteiger partial charge in [-0.1, -0.05) is 56.0 Å². The number of hydrogen-bond donors (Lipinski definition) is 2. The lowest BCUT2D eigenvalue weighted by Gasteiger charge is -2.17. The van der Waals surface area contributed by atoms with Crippen molar-refractivity contribution in [3.05, 3.63) is 53.3 Å². The van der Waals surface area contributed by atoms with Gasteiger partial charge in [-0.25, -0.2) is 9.97 Å². The number of hydrogen-bond acceptors (Lipinski definition) is 4. The highest BCUT2D eigenvalue weighted by Gasteiger charge is 2.15. The van der Waals surface area contributed by atoms with Crippen molar-refractivity contribution in [1.82, 2.24) is 15.3 Å². The minimum absolute atomic E-state index is 0.143. The van der Waals surface area contributed by atoms with Crippen LogP contribution in [0.5, 0.6) is 0 Å². The molecule has 0 saturated heterocycles. The Morgan fingerprint density at radius 2 is 1.81 bits per heavy atom. The highest BCUT2D eigenvalue weighted by Crippen LogP contribution is 2.20. The van der Waals surface area contributed by atoms with Crippen LogP contribution in [0.2, 0.25) is 0 Å². The number of anilines is 1. The molecule has 1 saturated carbocycles. The van der Waals surface area contributed by atoms with Crippen molar-refractivity contribution in [2.45, 2.75) is 57.9 Å². The van der Waals surface area contributed by atoms with E-state index in [9.17, 15) is 4.79 Å². The third kappa shape index (κ3) is 5.55. The lowest BCUT2D eigenvalue weighted by atomic mass is 10.1. The Balaban J connectivity index is 1.58. The van der Waals surface area contributed by atoms with Crippen LogP contribution < -0.4 is 10.6 Å². The van der Waals surface area contributed by atoms with Crippen molar-refractivity contribution < 1.29 is 4.79 Å². The van der Waals surface area contributed by atoms with Crippen molar-refractivity contribution in [3.63, 3.8) is 0 Å². The summed E-state index contributed by atoms with van der Waals surface area (Å²) in [6, 6.07) is 12.3. The first-order chi connectivity index (χ1) is 12.7. The number of carbonyl (C=O) groups is 1. The lowest BCUT2D eigenvalue weighted by Crippen LogP contribution is -2.28. The second kappa shape index (κ2) is 9.32. The maximum Gasteiger partial charge on any atom is 0.270 e. The first kappa shape index (κ1) is 18.4. The van der Waals surface area contributed by atoms with E-state index in [4.69, 9.17) is 0 Å². The van der Waals surface area contributed by atoms with Crippen molar-refractivity contribution in [3.8, 4) is 0 Å². The summed E-state index contributed by atoms with van der Waals surface area (Å²) in [5, 5.41) is 6.40. The summed E-state index contributed by atoms with van der Waals surface area (Å²) < 4.78 is 0. The van der Waals surface area contributed by atoms with Gasteiger partial charge >= 0.3 is 0 Å². The number of rotatable bonds is 6. The first-order valence-electron chi connectivity index (χ1n) is 9.65. The van der Waals surface area contributed by atoms with Gasteiger partial charge in [0.25, 0.3) is 5.91 Å². The van der Waals surface area contributed by atoms with Crippen LogP contribution in [0.3, 0.4) is 0 Å². The number of aromatic nitrogens is 2. The Hall–Kier alpha value is -2.43. The van der Waals surface area contributed by atoms with Crippen molar-refractivity contribution in [1.29, 1.82) is 0 Å². The molecule has 0 spiro atoms. The normalized spacial score (nSPS) is 15.3.